The van der Waals surface area contributed by atoms with Gasteiger partial charge in [-0.2, -0.15) is 0 Å². The van der Waals surface area contributed by atoms with Gasteiger partial charge in [-0.25, -0.2) is 4.98 Å². The normalized spacial score (nSPS) is 12.9. The van der Waals surface area contributed by atoms with Gasteiger partial charge >= 0.3 is 0 Å². The molecule has 1 aromatic rings. The van der Waals surface area contributed by atoms with Crippen LogP contribution < -0.4 is 11.1 Å². The standard InChI is InChI=1S/C6H9N3S.3ClH/c7-6-9-4-1-2-8-3-5(4)10-6;;;/h8H,1-3H2,(H2,7,9);3*1H. The van der Waals surface area contributed by atoms with Crippen LogP contribution in [0.15, 0.2) is 0 Å². The molecule has 0 unspecified atom stereocenters. The van der Waals surface area contributed by atoms with E-state index in [4.69, 9.17) is 5.73 Å². The molecule has 1 aromatic heterocycles. The predicted octanol–water partition coefficient (Wildman–Crippen LogP) is 1.64. The molecule has 0 radical (unpaired) electrons. The summed E-state index contributed by atoms with van der Waals surface area (Å²) in [5, 5.41) is 3.97. The Kier molecular flexibility index (Phi) is 8.07. The lowest BCUT2D eigenvalue weighted by Crippen LogP contribution is -2.22. The molecule has 7 heteroatoms. The van der Waals surface area contributed by atoms with Crippen LogP contribution in [0.3, 0.4) is 0 Å². The molecule has 2 rings (SSSR count). The van der Waals surface area contributed by atoms with Crippen LogP contribution in [0.4, 0.5) is 5.13 Å². The van der Waals surface area contributed by atoms with Crippen molar-refractivity contribution in [2.24, 2.45) is 0 Å². The largest absolute Gasteiger partial charge is 0.375 e. The first-order valence-corrected chi connectivity index (χ1v) is 4.12. The predicted molar refractivity (Wildman–Crippen MR) is 63.7 cm³/mol. The van der Waals surface area contributed by atoms with Gasteiger partial charge in [-0.05, 0) is 0 Å². The second-order valence-corrected chi connectivity index (χ2v) is 3.46. The molecule has 3 nitrogen and oxygen atoms in total. The molecule has 13 heavy (non-hydrogen) atoms. The zero-order valence-electron chi connectivity index (χ0n) is 6.78. The molecule has 0 spiro atoms. The van der Waals surface area contributed by atoms with Crippen LogP contribution in [-0.4, -0.2) is 11.5 Å². The monoisotopic (exact) mass is 263 g/mol. The van der Waals surface area contributed by atoms with E-state index in [1.807, 2.05) is 0 Å². The Labute approximate surface area is 99.7 Å². The topological polar surface area (TPSA) is 50.9 Å². The lowest BCUT2D eigenvalue weighted by atomic mass is 10.2. The zero-order chi connectivity index (χ0) is 6.97. The number of anilines is 1. The lowest BCUT2D eigenvalue weighted by molar-refractivity contribution is 0.644. The van der Waals surface area contributed by atoms with Crippen molar-refractivity contribution in [3.63, 3.8) is 0 Å². The number of thiazole rings is 1. The van der Waals surface area contributed by atoms with Crippen LogP contribution in [0.5, 0.6) is 0 Å². The highest BCUT2D eigenvalue weighted by atomic mass is 35.5. The van der Waals surface area contributed by atoms with E-state index < -0.39 is 0 Å². The first-order chi connectivity index (χ1) is 4.86. The van der Waals surface area contributed by atoms with Gasteiger partial charge in [0.1, 0.15) is 0 Å². The Hall–Kier alpha value is 0.260. The maximum atomic E-state index is 5.54. The molecule has 0 aromatic carbocycles. The number of nitrogens with zero attached hydrogens (tertiary/aromatic N) is 1. The van der Waals surface area contributed by atoms with Gasteiger partial charge in [0.05, 0.1) is 5.69 Å². The van der Waals surface area contributed by atoms with E-state index >= 15 is 0 Å². The Bertz CT molecular complexity index is 230. The van der Waals surface area contributed by atoms with Crippen LogP contribution in [0.2, 0.25) is 0 Å². The van der Waals surface area contributed by atoms with Crippen LogP contribution in [0.1, 0.15) is 10.6 Å². The highest BCUT2D eigenvalue weighted by Crippen LogP contribution is 2.22. The van der Waals surface area contributed by atoms with Crippen molar-refractivity contribution in [1.29, 1.82) is 0 Å². The Balaban J connectivity index is 0. The van der Waals surface area contributed by atoms with Gasteiger partial charge in [0.2, 0.25) is 0 Å². The number of halogens is 3. The molecule has 3 N–H and O–H groups in total. The maximum absolute atomic E-state index is 5.54. The van der Waals surface area contributed by atoms with Crippen molar-refractivity contribution in [2.45, 2.75) is 13.0 Å². The van der Waals surface area contributed by atoms with Gasteiger partial charge in [-0.1, -0.05) is 0 Å². The van der Waals surface area contributed by atoms with E-state index in [-0.39, 0.29) is 37.2 Å². The van der Waals surface area contributed by atoms with Crippen molar-refractivity contribution in [3.8, 4) is 0 Å². The highest BCUT2D eigenvalue weighted by molar-refractivity contribution is 7.15. The van der Waals surface area contributed by atoms with Gasteiger partial charge in [-0.15, -0.1) is 48.6 Å². The Morgan fingerprint density at radius 1 is 1.31 bits per heavy atom. The molecular formula is C6H12Cl3N3S. The number of rotatable bonds is 0. The number of fused-ring (bicyclic) bond motifs is 1. The van der Waals surface area contributed by atoms with E-state index in [2.05, 4.69) is 10.3 Å². The minimum Gasteiger partial charge on any atom is -0.375 e. The van der Waals surface area contributed by atoms with Gasteiger partial charge in [0.25, 0.3) is 0 Å². The molecular weight excluding hydrogens is 253 g/mol. The first kappa shape index (κ1) is 15.7. The molecule has 1 aliphatic heterocycles. The lowest BCUT2D eigenvalue weighted by Gasteiger charge is -2.09. The third-order valence-corrected chi connectivity index (χ3v) is 2.55. The van der Waals surface area contributed by atoms with Gasteiger partial charge in [0.15, 0.2) is 5.13 Å². The van der Waals surface area contributed by atoms with Crippen molar-refractivity contribution >= 4 is 53.7 Å². The maximum Gasteiger partial charge on any atom is 0.180 e. The number of nitrogens with two attached hydrogens (primary N) is 1. The summed E-state index contributed by atoms with van der Waals surface area (Å²) in [4.78, 5) is 5.52. The van der Waals surface area contributed by atoms with E-state index in [9.17, 15) is 0 Å². The van der Waals surface area contributed by atoms with Gasteiger partial charge < -0.3 is 11.1 Å². The molecule has 0 atom stereocenters. The fraction of sp³-hybridized carbons (Fsp3) is 0.500. The second-order valence-electron chi connectivity index (χ2n) is 2.35. The van der Waals surface area contributed by atoms with E-state index in [0.29, 0.717) is 5.13 Å². The average molecular weight is 265 g/mol. The number of hydrogen-bond acceptors (Lipinski definition) is 4. The smallest absolute Gasteiger partial charge is 0.180 e. The number of hydrogen-bond donors (Lipinski definition) is 2. The fourth-order valence-electron chi connectivity index (χ4n) is 1.15. The summed E-state index contributed by atoms with van der Waals surface area (Å²) in [5.41, 5.74) is 6.73. The second kappa shape index (κ2) is 6.68. The molecule has 0 saturated heterocycles. The summed E-state index contributed by atoms with van der Waals surface area (Å²) < 4.78 is 0. The molecule has 0 bridgehead atoms. The SMILES string of the molecule is Cl.Cl.Cl.Nc1nc2c(s1)CNCC2. The van der Waals surface area contributed by atoms with Crippen LogP contribution in [0, 0.1) is 0 Å². The van der Waals surface area contributed by atoms with E-state index in [1.165, 1.54) is 10.6 Å². The summed E-state index contributed by atoms with van der Waals surface area (Å²) in [6.45, 7) is 1.99. The molecule has 0 saturated carbocycles. The van der Waals surface area contributed by atoms with Crippen molar-refractivity contribution in [3.05, 3.63) is 10.6 Å². The summed E-state index contributed by atoms with van der Waals surface area (Å²) in [5.74, 6) is 0. The average Bonchev–Trinajstić information content (AvgIpc) is 2.27. The minimum absolute atomic E-state index is 0. The van der Waals surface area contributed by atoms with Gasteiger partial charge in [-0.3, -0.25) is 0 Å². The molecule has 1 aliphatic rings. The third-order valence-electron chi connectivity index (χ3n) is 1.62. The quantitative estimate of drug-likeness (QED) is 0.749. The number of aromatic nitrogens is 1. The molecule has 2 heterocycles. The summed E-state index contributed by atoms with van der Waals surface area (Å²) in [6.07, 6.45) is 1.03. The zero-order valence-corrected chi connectivity index (χ0v) is 10.0. The minimum atomic E-state index is 0. The fourth-order valence-corrected chi connectivity index (χ4v) is 1.99. The molecule has 0 aliphatic carbocycles. The highest BCUT2D eigenvalue weighted by Gasteiger charge is 2.12. The van der Waals surface area contributed by atoms with Crippen LogP contribution >= 0.6 is 48.6 Å². The Morgan fingerprint density at radius 2 is 2.00 bits per heavy atom. The number of nitrogen functional groups attached to an aromatic ring is 1. The van der Waals surface area contributed by atoms with Crippen molar-refractivity contribution < 1.29 is 0 Å². The van der Waals surface area contributed by atoms with Crippen molar-refractivity contribution in [1.82, 2.24) is 10.3 Å². The number of nitrogens with one attached hydrogen (secondary N) is 1. The first-order valence-electron chi connectivity index (χ1n) is 3.31. The van der Waals surface area contributed by atoms with Crippen molar-refractivity contribution in [2.75, 3.05) is 12.3 Å². The molecule has 78 valence electrons. The van der Waals surface area contributed by atoms with Crippen LogP contribution in [-0.2, 0) is 13.0 Å². The molecule has 0 amide bonds. The van der Waals surface area contributed by atoms with Gasteiger partial charge in [0, 0.05) is 24.4 Å². The van der Waals surface area contributed by atoms with Crippen LogP contribution in [0.25, 0.3) is 0 Å². The summed E-state index contributed by atoms with van der Waals surface area (Å²) in [7, 11) is 0. The third kappa shape index (κ3) is 3.48. The van der Waals surface area contributed by atoms with E-state index in [0.717, 1.165) is 19.5 Å². The Morgan fingerprint density at radius 3 is 2.62 bits per heavy atom. The van der Waals surface area contributed by atoms with E-state index in [1.54, 1.807) is 11.3 Å². The molecule has 0 fully saturated rings. The summed E-state index contributed by atoms with van der Waals surface area (Å²) in [6, 6.07) is 0. The summed E-state index contributed by atoms with van der Waals surface area (Å²) >= 11 is 1.59.